The van der Waals surface area contributed by atoms with Gasteiger partial charge in [0, 0.05) is 28.1 Å². The van der Waals surface area contributed by atoms with E-state index in [9.17, 15) is 4.79 Å². The highest BCUT2D eigenvalue weighted by Crippen LogP contribution is 2.22. The molecule has 1 aromatic carbocycles. The Kier molecular flexibility index (Phi) is 6.40. The first kappa shape index (κ1) is 16.1. The van der Waals surface area contributed by atoms with Gasteiger partial charge in [0.05, 0.1) is 0 Å². The molecule has 1 amide bonds. The van der Waals surface area contributed by atoms with Crippen LogP contribution in [0, 0.1) is 5.92 Å². The van der Waals surface area contributed by atoms with Crippen molar-refractivity contribution in [3.63, 3.8) is 0 Å². The van der Waals surface area contributed by atoms with E-state index in [4.69, 9.17) is 23.2 Å². The van der Waals surface area contributed by atoms with Gasteiger partial charge in [-0.15, -0.1) is 0 Å². The second kappa shape index (κ2) is 7.56. The first-order valence-electron chi connectivity index (χ1n) is 6.37. The van der Waals surface area contributed by atoms with Crippen LogP contribution in [0.15, 0.2) is 30.0 Å². The van der Waals surface area contributed by atoms with Crippen LogP contribution in [-0.4, -0.2) is 5.91 Å². The van der Waals surface area contributed by atoms with E-state index in [0.717, 1.165) is 17.7 Å². The monoisotopic (exact) mass is 299 g/mol. The van der Waals surface area contributed by atoms with Gasteiger partial charge in [-0.2, -0.15) is 0 Å². The minimum atomic E-state index is 0.00985. The van der Waals surface area contributed by atoms with Crippen molar-refractivity contribution >= 4 is 29.1 Å². The molecule has 19 heavy (non-hydrogen) atoms. The van der Waals surface area contributed by atoms with E-state index < -0.39 is 0 Å². The van der Waals surface area contributed by atoms with Crippen molar-refractivity contribution in [2.45, 2.75) is 33.6 Å². The Morgan fingerprint density at radius 1 is 1.42 bits per heavy atom. The van der Waals surface area contributed by atoms with E-state index in [0.29, 0.717) is 16.5 Å². The summed E-state index contributed by atoms with van der Waals surface area (Å²) in [6.45, 7) is 5.81. The predicted molar refractivity (Wildman–Crippen MR) is 81.5 cm³/mol. The molecule has 0 aliphatic carbocycles. The number of allylic oxidation sites excluding steroid dienone is 2. The van der Waals surface area contributed by atoms with E-state index in [-0.39, 0.29) is 11.8 Å². The Morgan fingerprint density at radius 3 is 2.63 bits per heavy atom. The molecule has 0 radical (unpaired) electrons. The molecule has 4 heteroatoms. The third-order valence-corrected chi connectivity index (χ3v) is 3.68. The lowest BCUT2D eigenvalue weighted by molar-refractivity contribution is -0.123. The largest absolute Gasteiger partial charge is 0.330 e. The number of halogens is 2. The molecule has 1 atom stereocenters. The number of carbonyl (C=O) groups is 1. The molecule has 0 saturated carbocycles. The fourth-order valence-electron chi connectivity index (χ4n) is 1.56. The van der Waals surface area contributed by atoms with Gasteiger partial charge in [-0.05, 0) is 31.0 Å². The minimum Gasteiger partial charge on any atom is -0.330 e. The molecular formula is C15H19Cl2NO. The van der Waals surface area contributed by atoms with Crippen LogP contribution < -0.4 is 5.32 Å². The summed E-state index contributed by atoms with van der Waals surface area (Å²) >= 11 is 12.0. The average molecular weight is 300 g/mol. The summed E-state index contributed by atoms with van der Waals surface area (Å²) in [6.07, 6.45) is 3.31. The maximum Gasteiger partial charge on any atom is 0.226 e. The van der Waals surface area contributed by atoms with Gasteiger partial charge in [0.15, 0.2) is 0 Å². The molecule has 1 N–H and O–H groups in total. The molecule has 0 fully saturated rings. The van der Waals surface area contributed by atoms with Crippen LogP contribution in [0.25, 0.3) is 0 Å². The highest BCUT2D eigenvalue weighted by Gasteiger charge is 2.12. The van der Waals surface area contributed by atoms with Crippen molar-refractivity contribution in [3.05, 3.63) is 45.6 Å². The van der Waals surface area contributed by atoms with Crippen LogP contribution in [0.5, 0.6) is 0 Å². The fourth-order valence-corrected chi connectivity index (χ4v) is 2.03. The third-order valence-electron chi connectivity index (χ3n) is 3.09. The zero-order chi connectivity index (χ0) is 14.4. The predicted octanol–water partition coefficient (Wildman–Crippen LogP) is 4.60. The highest BCUT2D eigenvalue weighted by molar-refractivity contribution is 6.35. The lowest BCUT2D eigenvalue weighted by atomic mass is 10.1. The van der Waals surface area contributed by atoms with Crippen molar-refractivity contribution in [1.82, 2.24) is 5.32 Å². The Morgan fingerprint density at radius 2 is 2.11 bits per heavy atom. The number of hydrogen-bond acceptors (Lipinski definition) is 1. The van der Waals surface area contributed by atoms with E-state index in [1.54, 1.807) is 12.1 Å². The van der Waals surface area contributed by atoms with Gasteiger partial charge in [-0.3, -0.25) is 4.79 Å². The number of hydrogen-bond donors (Lipinski definition) is 1. The molecule has 1 rings (SSSR count). The van der Waals surface area contributed by atoms with Crippen LogP contribution in [0.1, 0.15) is 32.8 Å². The van der Waals surface area contributed by atoms with Crippen LogP contribution in [-0.2, 0) is 11.2 Å². The Hall–Kier alpha value is -0.990. The van der Waals surface area contributed by atoms with Crippen molar-refractivity contribution in [2.75, 3.05) is 0 Å². The fraction of sp³-hybridized carbons (Fsp3) is 0.400. The van der Waals surface area contributed by atoms with E-state index >= 15 is 0 Å². The lowest BCUT2D eigenvalue weighted by Crippen LogP contribution is -2.29. The summed E-state index contributed by atoms with van der Waals surface area (Å²) in [4.78, 5) is 11.9. The molecule has 1 unspecified atom stereocenters. The van der Waals surface area contributed by atoms with E-state index in [2.05, 4.69) is 5.32 Å². The van der Waals surface area contributed by atoms with Gasteiger partial charge in [0.2, 0.25) is 5.91 Å². The standard InChI is InChI=1S/C15H19Cl2NO/c1-4-10(3)15(19)18-13(5-2)8-11-6-7-12(16)9-14(11)17/h5-7,9-10H,4,8H2,1-3H3,(H,18,19)/b13-5-. The third kappa shape index (κ3) is 4.88. The number of amides is 1. The molecule has 0 aliphatic rings. The Labute approximate surface area is 124 Å². The lowest BCUT2D eigenvalue weighted by Gasteiger charge is -2.14. The molecule has 1 aromatic rings. The summed E-state index contributed by atoms with van der Waals surface area (Å²) < 4.78 is 0. The van der Waals surface area contributed by atoms with Crippen LogP contribution >= 0.6 is 23.2 Å². The molecule has 0 spiro atoms. The summed E-state index contributed by atoms with van der Waals surface area (Å²) in [6, 6.07) is 5.39. The van der Waals surface area contributed by atoms with Crippen molar-refractivity contribution in [3.8, 4) is 0 Å². The first-order chi connectivity index (χ1) is 8.97. The Bertz CT molecular complexity index is 483. The molecule has 0 aromatic heterocycles. The van der Waals surface area contributed by atoms with Gasteiger partial charge in [-0.1, -0.05) is 49.2 Å². The summed E-state index contributed by atoms with van der Waals surface area (Å²) in [5, 5.41) is 4.16. The van der Waals surface area contributed by atoms with Gasteiger partial charge < -0.3 is 5.32 Å². The Balaban J connectivity index is 2.75. The van der Waals surface area contributed by atoms with Gasteiger partial charge in [0.25, 0.3) is 0 Å². The number of carbonyl (C=O) groups excluding carboxylic acids is 1. The summed E-state index contributed by atoms with van der Waals surface area (Å²) in [5.74, 6) is 0.0522. The van der Waals surface area contributed by atoms with Gasteiger partial charge in [-0.25, -0.2) is 0 Å². The van der Waals surface area contributed by atoms with Gasteiger partial charge in [0.1, 0.15) is 0 Å². The number of rotatable bonds is 5. The maximum absolute atomic E-state index is 11.9. The van der Waals surface area contributed by atoms with Gasteiger partial charge >= 0.3 is 0 Å². The number of benzene rings is 1. The molecular weight excluding hydrogens is 281 g/mol. The molecule has 2 nitrogen and oxygen atoms in total. The highest BCUT2D eigenvalue weighted by atomic mass is 35.5. The van der Waals surface area contributed by atoms with E-state index in [1.807, 2.05) is 32.9 Å². The molecule has 0 heterocycles. The molecule has 0 saturated heterocycles. The second-order valence-corrected chi connectivity index (χ2v) is 5.37. The van der Waals surface area contributed by atoms with E-state index in [1.165, 1.54) is 0 Å². The van der Waals surface area contributed by atoms with Crippen molar-refractivity contribution in [1.29, 1.82) is 0 Å². The second-order valence-electron chi connectivity index (χ2n) is 4.52. The average Bonchev–Trinajstić information content (AvgIpc) is 2.39. The topological polar surface area (TPSA) is 29.1 Å². The maximum atomic E-state index is 11.9. The van der Waals surface area contributed by atoms with Crippen LogP contribution in [0.4, 0.5) is 0 Å². The zero-order valence-corrected chi connectivity index (χ0v) is 13.0. The normalized spacial score (nSPS) is 13.2. The summed E-state index contributed by atoms with van der Waals surface area (Å²) in [7, 11) is 0. The molecule has 0 bridgehead atoms. The smallest absolute Gasteiger partial charge is 0.226 e. The summed E-state index contributed by atoms with van der Waals surface area (Å²) in [5.41, 5.74) is 1.80. The van der Waals surface area contributed by atoms with Crippen LogP contribution in [0.2, 0.25) is 10.0 Å². The number of nitrogens with one attached hydrogen (secondary N) is 1. The molecule has 0 aliphatic heterocycles. The SMILES string of the molecule is C/C=C(/Cc1ccc(Cl)cc1Cl)NC(=O)C(C)CC. The van der Waals surface area contributed by atoms with Crippen LogP contribution in [0.3, 0.4) is 0 Å². The van der Waals surface area contributed by atoms with Crippen molar-refractivity contribution < 1.29 is 4.79 Å². The minimum absolute atomic E-state index is 0.00985. The zero-order valence-electron chi connectivity index (χ0n) is 11.5. The molecule has 104 valence electrons. The first-order valence-corrected chi connectivity index (χ1v) is 7.13. The van der Waals surface area contributed by atoms with Crippen molar-refractivity contribution in [2.24, 2.45) is 5.92 Å². The quantitative estimate of drug-likeness (QED) is 0.846.